The second kappa shape index (κ2) is 5.16. The highest BCUT2D eigenvalue weighted by atomic mass is 35.5. The lowest BCUT2D eigenvalue weighted by Gasteiger charge is -2.14. The van der Waals surface area contributed by atoms with Crippen LogP contribution in [0.1, 0.15) is 18.4 Å². The molecule has 1 aromatic carbocycles. The molecule has 0 radical (unpaired) electrons. The number of carbonyl (C=O) groups excluding carboxylic acids is 1. The number of benzene rings is 1. The molecule has 0 atom stereocenters. The van der Waals surface area contributed by atoms with Crippen molar-refractivity contribution in [3.63, 3.8) is 0 Å². The summed E-state index contributed by atoms with van der Waals surface area (Å²) in [5.41, 5.74) is 1.47. The number of nitrogens with one attached hydrogen (secondary N) is 2. The van der Waals surface area contributed by atoms with Crippen LogP contribution in [0.25, 0.3) is 0 Å². The molecule has 1 aromatic rings. The van der Waals surface area contributed by atoms with Gasteiger partial charge in [-0.3, -0.25) is 0 Å². The fraction of sp³-hybridized carbons (Fsp3) is 0.462. The largest absolute Gasteiger partial charge is 0.396 e. The van der Waals surface area contributed by atoms with Crippen molar-refractivity contribution in [1.29, 1.82) is 0 Å². The zero-order valence-corrected chi connectivity index (χ0v) is 11.0. The number of anilines is 1. The lowest BCUT2D eigenvalue weighted by Crippen LogP contribution is -2.35. The van der Waals surface area contributed by atoms with Crippen molar-refractivity contribution in [2.24, 2.45) is 5.41 Å². The molecule has 1 aliphatic rings. The first-order valence-electron chi connectivity index (χ1n) is 5.97. The molecule has 0 spiro atoms. The van der Waals surface area contributed by atoms with Gasteiger partial charge in [-0.15, -0.1) is 0 Å². The smallest absolute Gasteiger partial charge is 0.319 e. The first-order chi connectivity index (χ1) is 8.56. The lowest BCUT2D eigenvalue weighted by molar-refractivity contribution is 0.206. The van der Waals surface area contributed by atoms with E-state index in [1.165, 1.54) is 0 Å². The van der Waals surface area contributed by atoms with E-state index in [2.05, 4.69) is 10.6 Å². The van der Waals surface area contributed by atoms with Crippen molar-refractivity contribution < 1.29 is 9.90 Å². The summed E-state index contributed by atoms with van der Waals surface area (Å²) in [4.78, 5) is 11.7. The Labute approximate surface area is 111 Å². The van der Waals surface area contributed by atoms with Crippen LogP contribution in [0.15, 0.2) is 18.2 Å². The van der Waals surface area contributed by atoms with Crippen molar-refractivity contribution in [2.45, 2.75) is 19.8 Å². The van der Waals surface area contributed by atoms with Crippen LogP contribution in [0, 0.1) is 12.3 Å². The highest BCUT2D eigenvalue weighted by Crippen LogP contribution is 2.44. The maximum absolute atomic E-state index is 11.7. The van der Waals surface area contributed by atoms with E-state index in [-0.39, 0.29) is 18.1 Å². The van der Waals surface area contributed by atoms with E-state index in [0.29, 0.717) is 17.3 Å². The molecule has 0 heterocycles. The topological polar surface area (TPSA) is 61.4 Å². The molecule has 0 bridgehead atoms. The minimum atomic E-state index is -0.264. The van der Waals surface area contributed by atoms with Crippen molar-refractivity contribution in [3.05, 3.63) is 28.8 Å². The van der Waals surface area contributed by atoms with Crippen molar-refractivity contribution in [2.75, 3.05) is 18.5 Å². The molecule has 0 aliphatic heterocycles. The van der Waals surface area contributed by atoms with Crippen molar-refractivity contribution >= 4 is 23.3 Å². The Morgan fingerprint density at radius 3 is 2.83 bits per heavy atom. The molecule has 0 saturated heterocycles. The van der Waals surface area contributed by atoms with Gasteiger partial charge in [-0.05, 0) is 37.5 Å². The first-order valence-corrected chi connectivity index (χ1v) is 6.35. The molecule has 0 aromatic heterocycles. The second-order valence-corrected chi connectivity index (χ2v) is 5.29. The van der Waals surface area contributed by atoms with Crippen molar-refractivity contribution in [3.8, 4) is 0 Å². The Kier molecular flexibility index (Phi) is 3.78. The molecule has 98 valence electrons. The van der Waals surface area contributed by atoms with Crippen LogP contribution in [-0.4, -0.2) is 24.3 Å². The van der Waals surface area contributed by atoms with Crippen LogP contribution in [-0.2, 0) is 0 Å². The maximum atomic E-state index is 11.7. The van der Waals surface area contributed by atoms with Gasteiger partial charge in [0.25, 0.3) is 0 Å². The fourth-order valence-corrected chi connectivity index (χ4v) is 1.92. The molecule has 1 saturated carbocycles. The van der Waals surface area contributed by atoms with Crippen LogP contribution in [0.3, 0.4) is 0 Å². The predicted octanol–water partition coefficient (Wildman–Crippen LogP) is 2.54. The summed E-state index contributed by atoms with van der Waals surface area (Å²) in [5.74, 6) is 0. The van der Waals surface area contributed by atoms with Crippen molar-refractivity contribution in [1.82, 2.24) is 5.32 Å². The molecule has 2 amide bonds. The summed E-state index contributed by atoms with van der Waals surface area (Å²) in [5, 5.41) is 15.3. The summed E-state index contributed by atoms with van der Waals surface area (Å²) in [6.07, 6.45) is 1.94. The Bertz CT molecular complexity index is 458. The third-order valence-corrected chi connectivity index (χ3v) is 3.84. The van der Waals surface area contributed by atoms with E-state index in [4.69, 9.17) is 16.7 Å². The quantitative estimate of drug-likeness (QED) is 0.786. The zero-order valence-electron chi connectivity index (χ0n) is 10.3. The zero-order chi connectivity index (χ0) is 13.2. The number of amides is 2. The van der Waals surface area contributed by atoms with Gasteiger partial charge in [-0.2, -0.15) is 0 Å². The molecule has 5 heteroatoms. The lowest BCUT2D eigenvalue weighted by atomic mass is 10.1. The van der Waals surface area contributed by atoms with E-state index in [0.717, 1.165) is 18.4 Å². The Morgan fingerprint density at radius 1 is 1.50 bits per heavy atom. The summed E-state index contributed by atoms with van der Waals surface area (Å²) in [6.45, 7) is 2.49. The average Bonchev–Trinajstić information content (AvgIpc) is 3.13. The highest BCUT2D eigenvalue weighted by Gasteiger charge is 2.42. The number of carbonyl (C=O) groups is 1. The van der Waals surface area contributed by atoms with Gasteiger partial charge >= 0.3 is 6.03 Å². The number of aliphatic hydroxyl groups excluding tert-OH is 1. The molecule has 2 rings (SSSR count). The summed E-state index contributed by atoms with van der Waals surface area (Å²) in [7, 11) is 0. The van der Waals surface area contributed by atoms with Gasteiger partial charge in [-0.1, -0.05) is 17.7 Å². The summed E-state index contributed by atoms with van der Waals surface area (Å²) < 4.78 is 0. The second-order valence-electron chi connectivity index (χ2n) is 4.88. The third kappa shape index (κ3) is 2.94. The van der Waals surface area contributed by atoms with Crippen LogP contribution in [0.5, 0.6) is 0 Å². The van der Waals surface area contributed by atoms with Gasteiger partial charge in [0, 0.05) is 22.7 Å². The van der Waals surface area contributed by atoms with Gasteiger partial charge in [0.2, 0.25) is 0 Å². The molecular formula is C13H17ClN2O2. The van der Waals surface area contributed by atoms with E-state index in [1.807, 2.05) is 6.92 Å². The predicted molar refractivity (Wildman–Crippen MR) is 72.0 cm³/mol. The molecule has 1 fully saturated rings. The molecular weight excluding hydrogens is 252 g/mol. The first kappa shape index (κ1) is 13.2. The fourth-order valence-electron chi connectivity index (χ4n) is 1.74. The Balaban J connectivity index is 1.89. The standard InChI is InChI=1S/C13H17ClN2O2/c1-9-10(14)3-2-4-11(9)16-12(18)15-7-13(8-17)5-6-13/h2-4,17H,5-8H2,1H3,(H2,15,16,18). The molecule has 3 N–H and O–H groups in total. The number of urea groups is 1. The van der Waals surface area contributed by atoms with Crippen LogP contribution in [0.4, 0.5) is 10.5 Å². The summed E-state index contributed by atoms with van der Waals surface area (Å²) >= 11 is 5.97. The molecule has 4 nitrogen and oxygen atoms in total. The van der Waals surface area contributed by atoms with Crippen LogP contribution >= 0.6 is 11.6 Å². The molecule has 0 unspecified atom stereocenters. The van der Waals surface area contributed by atoms with Gasteiger partial charge in [-0.25, -0.2) is 4.79 Å². The van der Waals surface area contributed by atoms with Gasteiger partial charge in [0.1, 0.15) is 0 Å². The number of rotatable bonds is 4. The number of aliphatic hydroxyl groups is 1. The molecule has 1 aliphatic carbocycles. The maximum Gasteiger partial charge on any atom is 0.319 e. The normalized spacial score (nSPS) is 16.2. The average molecular weight is 269 g/mol. The monoisotopic (exact) mass is 268 g/mol. The van der Waals surface area contributed by atoms with Crippen LogP contribution in [0.2, 0.25) is 5.02 Å². The molecule has 18 heavy (non-hydrogen) atoms. The number of hydrogen-bond acceptors (Lipinski definition) is 2. The number of hydrogen-bond donors (Lipinski definition) is 3. The van der Waals surface area contributed by atoms with Crippen LogP contribution < -0.4 is 10.6 Å². The number of halogens is 1. The Hall–Kier alpha value is -1.26. The third-order valence-electron chi connectivity index (χ3n) is 3.43. The van der Waals surface area contributed by atoms with E-state index >= 15 is 0 Å². The minimum Gasteiger partial charge on any atom is -0.396 e. The minimum absolute atomic E-state index is 0.0826. The van der Waals surface area contributed by atoms with E-state index in [1.54, 1.807) is 18.2 Å². The summed E-state index contributed by atoms with van der Waals surface area (Å²) in [6, 6.07) is 5.12. The van der Waals surface area contributed by atoms with E-state index < -0.39 is 0 Å². The van der Waals surface area contributed by atoms with E-state index in [9.17, 15) is 4.79 Å². The van der Waals surface area contributed by atoms with Gasteiger partial charge in [0.15, 0.2) is 0 Å². The van der Waals surface area contributed by atoms with Gasteiger partial charge in [0.05, 0.1) is 6.61 Å². The SMILES string of the molecule is Cc1c(Cl)cccc1NC(=O)NCC1(CO)CC1. The highest BCUT2D eigenvalue weighted by molar-refractivity contribution is 6.31. The Morgan fingerprint density at radius 2 is 2.22 bits per heavy atom. The van der Waals surface area contributed by atoms with Gasteiger partial charge < -0.3 is 15.7 Å².